The van der Waals surface area contributed by atoms with Gasteiger partial charge in [-0.05, 0) is 158 Å². The summed E-state index contributed by atoms with van der Waals surface area (Å²) in [5.41, 5.74) is 6.71. The van der Waals surface area contributed by atoms with Gasteiger partial charge in [-0.25, -0.2) is 24.4 Å². The Bertz CT molecular complexity index is 3560. The molecule has 11 rings (SSSR count). The van der Waals surface area contributed by atoms with Gasteiger partial charge in [0.1, 0.15) is 58.1 Å². The number of thiazole rings is 2. The molecule has 3 saturated carbocycles. The Kier molecular flexibility index (Phi) is 20.4. The first-order valence-corrected chi connectivity index (χ1v) is 31.7. The number of amides is 1. The molecule has 6 atom stereocenters. The lowest BCUT2D eigenvalue weighted by atomic mass is 9.43. The summed E-state index contributed by atoms with van der Waals surface area (Å²) in [4.78, 5) is 94.2. The average Bonchev–Trinajstić information content (AvgIpc) is 1.27. The van der Waals surface area contributed by atoms with E-state index < -0.39 is 72.3 Å². The van der Waals surface area contributed by atoms with E-state index in [4.69, 9.17) is 38.7 Å². The summed E-state index contributed by atoms with van der Waals surface area (Å²) >= 11 is 2.22. The maximum atomic E-state index is 14.7. The highest BCUT2D eigenvalue weighted by molar-refractivity contribution is 7.14. The quantitative estimate of drug-likeness (QED) is 0.0114. The van der Waals surface area contributed by atoms with Gasteiger partial charge >= 0.3 is 32.3 Å². The summed E-state index contributed by atoms with van der Waals surface area (Å²) in [6, 6.07) is 16.0. The summed E-state index contributed by atoms with van der Waals surface area (Å²) in [6.07, 6.45) is 3.93. The number of nitrogens with two attached hydrogens (primary N) is 1. The number of nitrogens with one attached hydrogen (secondary N) is 1. The van der Waals surface area contributed by atoms with Gasteiger partial charge in [0.15, 0.2) is 33.3 Å². The Morgan fingerprint density at radius 3 is 2.24 bits per heavy atom. The van der Waals surface area contributed by atoms with Crippen molar-refractivity contribution < 1.29 is 77.1 Å². The number of esters is 1. The van der Waals surface area contributed by atoms with Crippen LogP contribution in [0.1, 0.15) is 166 Å². The first-order valence-electron chi connectivity index (χ1n) is 29.9. The number of aromatic nitrogens is 2. The Labute approximate surface area is 531 Å². The number of anilines is 2. The lowest BCUT2D eigenvalue weighted by Gasteiger charge is -2.64. The van der Waals surface area contributed by atoms with Crippen molar-refractivity contribution >= 4 is 94.5 Å². The number of likely N-dealkylation sites (tertiary alicyclic amines) is 1. The van der Waals surface area contributed by atoms with Crippen LogP contribution in [0.5, 0.6) is 11.5 Å². The van der Waals surface area contributed by atoms with Gasteiger partial charge in [0.2, 0.25) is 0 Å². The van der Waals surface area contributed by atoms with Gasteiger partial charge in [0, 0.05) is 47.3 Å². The molecule has 0 radical (unpaired) electrons. The number of carboxylic acid groups (broad SMARTS) is 1. The minimum atomic E-state index is -1.38. The van der Waals surface area contributed by atoms with Gasteiger partial charge in [0.25, 0.3) is 0 Å². The van der Waals surface area contributed by atoms with Crippen LogP contribution in [0, 0.1) is 17.3 Å². The predicted octanol–water partition coefficient (Wildman–Crippen LogP) is 10.1. The zero-order valence-electron chi connectivity index (χ0n) is 52.2. The van der Waals surface area contributed by atoms with Crippen molar-refractivity contribution in [2.24, 2.45) is 27.6 Å². The molecule has 1 amide bonds. The molecule has 5 fully saturated rings. The molecule has 90 heavy (non-hydrogen) atoms. The maximum Gasteiger partial charge on any atom is 0.526 e. The number of carbonyl (C=O) groups excluding carboxylic acids is 5. The normalized spacial score (nSPS) is 21.5. The van der Waals surface area contributed by atoms with E-state index in [9.17, 15) is 44.1 Å². The minimum Gasteiger partial charge on any atom is -0.535 e. The largest absolute Gasteiger partial charge is 0.535 e. The van der Waals surface area contributed by atoms with E-state index in [0.29, 0.717) is 29.9 Å². The van der Waals surface area contributed by atoms with Crippen molar-refractivity contribution in [2.45, 2.75) is 161 Å². The molecule has 2 aromatic heterocycles. The second-order valence-corrected chi connectivity index (χ2v) is 28.0. The number of carboxylic acids is 1. The highest BCUT2D eigenvalue weighted by Gasteiger charge is 2.68. The molecule has 5 heterocycles. The first kappa shape index (κ1) is 66.9. The fourth-order valence-corrected chi connectivity index (χ4v) is 13.9. The van der Waals surface area contributed by atoms with E-state index in [1.807, 2.05) is 36.4 Å². The zero-order chi connectivity index (χ0) is 65.0. The number of aromatic carboxylic acids is 1. The van der Waals surface area contributed by atoms with E-state index in [0.717, 1.165) is 72.6 Å². The number of aldehydes is 1. The highest BCUT2D eigenvalue weighted by atomic mass is 32.1. The van der Waals surface area contributed by atoms with Crippen molar-refractivity contribution in [1.29, 1.82) is 0 Å². The van der Waals surface area contributed by atoms with Crippen LogP contribution >= 0.6 is 22.7 Å². The van der Waals surface area contributed by atoms with E-state index in [1.165, 1.54) is 18.6 Å². The third-order valence-electron chi connectivity index (χ3n) is 17.0. The number of Topliss-reactive ketones (excluding diaryl/α,β-unsaturated/α-hetero) is 2. The van der Waals surface area contributed by atoms with Crippen LogP contribution in [0.25, 0.3) is 0 Å². The number of methoxy groups -OCH3 is 1. The van der Waals surface area contributed by atoms with Gasteiger partial charge in [-0.3, -0.25) is 24.6 Å². The zero-order valence-corrected chi connectivity index (χ0v) is 53.9. The molecule has 0 spiro atoms. The molecule has 2 bridgehead atoms. The van der Waals surface area contributed by atoms with E-state index >= 15 is 0 Å². The lowest BCUT2D eigenvalue weighted by Crippen LogP contribution is -2.65. The topological polar surface area (TPSA) is 320 Å². The number of ketones is 2. The van der Waals surface area contributed by atoms with Gasteiger partial charge in [-0.2, -0.15) is 0 Å². The lowest BCUT2D eigenvalue weighted by molar-refractivity contribution is -0.199. The average molecular weight is 1270 g/mol. The molecule has 2 saturated heterocycles. The fraction of sp³-hybridized carbons (Fsp3) is 0.492. The summed E-state index contributed by atoms with van der Waals surface area (Å²) in [5, 5.41) is 43.1. The van der Waals surface area contributed by atoms with Crippen LogP contribution in [-0.4, -0.2) is 135 Å². The Morgan fingerprint density at radius 2 is 1.61 bits per heavy atom. The first-order chi connectivity index (χ1) is 42.6. The predicted molar refractivity (Wildman–Crippen MR) is 339 cm³/mol. The molecule has 5 aromatic rings. The molecular weight excluding hydrogens is 1200 g/mol. The molecule has 3 aliphatic carbocycles. The maximum absolute atomic E-state index is 14.7. The Morgan fingerprint density at radius 1 is 0.911 bits per heavy atom. The number of rotatable bonds is 21. The SMILES string of the molecule is COc1c(C[C@H](CC(=O)/C(=N\OCc2ccccc2)c2csc(NC(=O)OC(C)(C)C)n2)B2OC3C[C@@H]4C[C@@H](C4(C)C)[C@]3(C)O2)cc(C=O)cc1C(=O)OC(C)(C)C.Nc1nc(/C(=N/O)C(=O)C[C@H]2Cc3cc(CN4CCCC4)cc(C(=O)O)c3OB2O)cs1. The summed E-state index contributed by atoms with van der Waals surface area (Å²) in [5.74, 6) is -2.95. The number of fused-ring (bicyclic) bond motifs is 1. The molecule has 27 heteroatoms. The van der Waals surface area contributed by atoms with Crippen LogP contribution in [0.4, 0.5) is 15.1 Å². The van der Waals surface area contributed by atoms with Crippen LogP contribution in [0.3, 0.4) is 0 Å². The fourth-order valence-electron chi connectivity index (χ4n) is 12.7. The van der Waals surface area contributed by atoms with E-state index in [1.54, 1.807) is 59.1 Å². The number of nitrogens with zero attached hydrogens (tertiary/aromatic N) is 5. The molecule has 3 aromatic carbocycles. The number of hydrogen-bond acceptors (Lipinski definition) is 23. The smallest absolute Gasteiger partial charge is 0.526 e. The summed E-state index contributed by atoms with van der Waals surface area (Å²) in [6.45, 7) is 19.8. The van der Waals surface area contributed by atoms with Gasteiger partial charge < -0.3 is 54.1 Å². The Hall–Kier alpha value is -7.55. The molecular formula is C63H77B2N7O16S2. The number of carbonyl (C=O) groups is 6. The number of hydrogen-bond donors (Lipinski definition) is 5. The number of oxime groups is 2. The number of nitrogen functional groups attached to an aromatic ring is 1. The van der Waals surface area contributed by atoms with Crippen LogP contribution < -0.4 is 20.4 Å². The van der Waals surface area contributed by atoms with Crippen molar-refractivity contribution in [3.63, 3.8) is 0 Å². The number of ether oxygens (including phenoxy) is 3. The minimum absolute atomic E-state index is 0.00363. The van der Waals surface area contributed by atoms with E-state index in [-0.39, 0.29) is 111 Å². The monoisotopic (exact) mass is 1270 g/mol. The van der Waals surface area contributed by atoms with Gasteiger partial charge in [-0.1, -0.05) is 60.6 Å². The van der Waals surface area contributed by atoms with Crippen LogP contribution in [0.15, 0.2) is 75.7 Å². The molecule has 6 N–H and O–H groups in total. The van der Waals surface area contributed by atoms with Crippen molar-refractivity contribution in [3.05, 3.63) is 116 Å². The second kappa shape index (κ2) is 27.5. The number of benzene rings is 3. The van der Waals surface area contributed by atoms with Crippen LogP contribution in [-0.2, 0) is 59.2 Å². The van der Waals surface area contributed by atoms with Crippen molar-refractivity contribution in [2.75, 3.05) is 31.2 Å². The molecule has 1 unspecified atom stereocenters. The van der Waals surface area contributed by atoms with Gasteiger partial charge in [-0.15, -0.1) is 22.7 Å². The molecule has 6 aliphatic rings. The highest BCUT2D eigenvalue weighted by Crippen LogP contribution is 2.66. The summed E-state index contributed by atoms with van der Waals surface area (Å²) in [7, 11) is -0.773. The van der Waals surface area contributed by atoms with Crippen molar-refractivity contribution in [1.82, 2.24) is 14.9 Å². The molecule has 3 aliphatic heterocycles. The van der Waals surface area contributed by atoms with Gasteiger partial charge in [0.05, 0.1) is 18.8 Å². The van der Waals surface area contributed by atoms with Crippen molar-refractivity contribution in [3.8, 4) is 11.5 Å². The third kappa shape index (κ3) is 15.6. The molecule has 23 nitrogen and oxygen atoms in total. The third-order valence-corrected chi connectivity index (χ3v) is 18.5. The van der Waals surface area contributed by atoms with E-state index in [2.05, 4.69) is 51.3 Å². The standard InChI is InChI=1S/C43H54BN3O10S.C20H23BN4O6S/c1-40(2,3)54-37(50)30-17-26(22-48)16-27(36(30)52-10)18-29(44-56-34-20-28-19-33(42(28,7)8)43(34,9)57-44)21-32(49)35(47-53-23-25-14-12-11-13-15-25)31-24-58-38(45-31)46-39(51)55-41(4,5)6;22-20-23-15(10-32-20)17(24-30)16(26)8-13-7-12-5-11(9-25-3-1-2-4-25)6-14(19(27)28)18(12)31-21(13)29/h11-17,22,24,28-29,33-34H,18-21,23H2,1-10H3,(H,45,46,51);5-6,10,13,29-30H,1-4,7-9H2,(H2,22,23)(H,27,28)/b47-35-;24-17-/t28-,29+,33-,34?,43-;13-/m01/s1. The van der Waals surface area contributed by atoms with Crippen LogP contribution in [0.2, 0.25) is 11.6 Å². The Balaban J connectivity index is 0.000000252. The second-order valence-electron chi connectivity index (χ2n) is 26.2. The summed E-state index contributed by atoms with van der Waals surface area (Å²) < 4.78 is 36.2. The molecule has 478 valence electrons.